The molecule has 1 heterocycles. The maximum atomic E-state index is 6.13. The minimum Gasteiger partial charge on any atom is -0.327 e. The normalized spacial score (nSPS) is 32.1. The SMILES string of the molecule is CC1CN(C2CCc3cc(Br)ccc3C2)CCC1N. The average Bonchev–Trinajstić information content (AvgIpc) is 2.41. The molecule has 1 aromatic rings. The number of likely N-dealkylation sites (tertiary alicyclic amines) is 1. The topological polar surface area (TPSA) is 29.3 Å². The molecule has 3 atom stereocenters. The third kappa shape index (κ3) is 2.88. The van der Waals surface area contributed by atoms with Crippen LogP contribution in [0.5, 0.6) is 0 Å². The van der Waals surface area contributed by atoms with Crippen molar-refractivity contribution in [3.8, 4) is 0 Å². The van der Waals surface area contributed by atoms with Gasteiger partial charge in [0.25, 0.3) is 0 Å². The number of hydrogen-bond donors (Lipinski definition) is 1. The number of halogens is 1. The fourth-order valence-corrected chi connectivity index (χ4v) is 3.95. The van der Waals surface area contributed by atoms with Crippen molar-refractivity contribution in [2.45, 2.75) is 44.7 Å². The fourth-order valence-electron chi connectivity index (χ4n) is 3.54. The number of benzene rings is 1. The van der Waals surface area contributed by atoms with Crippen LogP contribution in [-0.2, 0) is 12.8 Å². The molecule has 19 heavy (non-hydrogen) atoms. The molecule has 0 radical (unpaired) electrons. The summed E-state index contributed by atoms with van der Waals surface area (Å²) in [6.07, 6.45) is 4.89. The van der Waals surface area contributed by atoms with Gasteiger partial charge in [0, 0.05) is 23.1 Å². The van der Waals surface area contributed by atoms with Crippen molar-refractivity contribution in [3.63, 3.8) is 0 Å². The van der Waals surface area contributed by atoms with Crippen LogP contribution in [-0.4, -0.2) is 30.1 Å². The molecule has 2 nitrogen and oxygen atoms in total. The van der Waals surface area contributed by atoms with Gasteiger partial charge in [-0.05, 0) is 61.4 Å². The number of piperidine rings is 1. The summed E-state index contributed by atoms with van der Waals surface area (Å²) >= 11 is 3.57. The van der Waals surface area contributed by atoms with Crippen LogP contribution >= 0.6 is 15.9 Å². The Bertz CT molecular complexity index is 460. The zero-order chi connectivity index (χ0) is 13.4. The molecule has 0 spiro atoms. The molecule has 3 heteroatoms. The van der Waals surface area contributed by atoms with Crippen LogP contribution in [0.4, 0.5) is 0 Å². The molecule has 2 N–H and O–H groups in total. The van der Waals surface area contributed by atoms with Crippen LogP contribution in [0.3, 0.4) is 0 Å². The van der Waals surface area contributed by atoms with E-state index in [1.165, 1.54) is 42.4 Å². The number of rotatable bonds is 1. The van der Waals surface area contributed by atoms with E-state index in [0.717, 1.165) is 12.5 Å². The van der Waals surface area contributed by atoms with Crippen LogP contribution in [0.15, 0.2) is 22.7 Å². The number of nitrogens with two attached hydrogens (primary N) is 1. The van der Waals surface area contributed by atoms with E-state index in [-0.39, 0.29) is 0 Å². The van der Waals surface area contributed by atoms with E-state index in [0.29, 0.717) is 12.0 Å². The molecule has 3 rings (SSSR count). The van der Waals surface area contributed by atoms with Crippen LogP contribution in [0.2, 0.25) is 0 Å². The summed E-state index contributed by atoms with van der Waals surface area (Å²) in [6, 6.07) is 7.90. The van der Waals surface area contributed by atoms with Gasteiger partial charge in [0.05, 0.1) is 0 Å². The predicted molar refractivity (Wildman–Crippen MR) is 83.3 cm³/mol. The lowest BCUT2D eigenvalue weighted by molar-refractivity contribution is 0.107. The predicted octanol–water partition coefficient (Wildman–Crippen LogP) is 2.98. The summed E-state index contributed by atoms with van der Waals surface area (Å²) in [5.41, 5.74) is 9.21. The minimum atomic E-state index is 0.406. The van der Waals surface area contributed by atoms with E-state index < -0.39 is 0 Å². The van der Waals surface area contributed by atoms with Crippen molar-refractivity contribution in [1.29, 1.82) is 0 Å². The van der Waals surface area contributed by atoms with Crippen LogP contribution in [0, 0.1) is 5.92 Å². The molecule has 3 unspecified atom stereocenters. The van der Waals surface area contributed by atoms with E-state index >= 15 is 0 Å². The third-order valence-corrected chi connectivity index (χ3v) is 5.38. The Labute approximate surface area is 124 Å². The summed E-state index contributed by atoms with van der Waals surface area (Å²) in [5, 5.41) is 0. The van der Waals surface area contributed by atoms with Gasteiger partial charge in [0.15, 0.2) is 0 Å². The molecule has 1 fully saturated rings. The molecule has 1 aromatic carbocycles. The Morgan fingerprint density at radius 3 is 2.89 bits per heavy atom. The van der Waals surface area contributed by atoms with Crippen LogP contribution < -0.4 is 5.73 Å². The smallest absolute Gasteiger partial charge is 0.0178 e. The molecule has 0 aromatic heterocycles. The summed E-state index contributed by atoms with van der Waals surface area (Å²) < 4.78 is 1.21. The summed E-state index contributed by atoms with van der Waals surface area (Å²) in [5.74, 6) is 0.639. The van der Waals surface area contributed by atoms with Gasteiger partial charge < -0.3 is 5.73 Å². The molecule has 0 amide bonds. The number of hydrogen-bond acceptors (Lipinski definition) is 2. The Hall–Kier alpha value is -0.380. The zero-order valence-electron chi connectivity index (χ0n) is 11.6. The zero-order valence-corrected chi connectivity index (χ0v) is 13.2. The lowest BCUT2D eigenvalue weighted by Crippen LogP contribution is -2.51. The second-order valence-corrected chi connectivity index (χ2v) is 7.15. The monoisotopic (exact) mass is 322 g/mol. The second-order valence-electron chi connectivity index (χ2n) is 6.23. The van der Waals surface area contributed by atoms with E-state index in [4.69, 9.17) is 5.73 Å². The third-order valence-electron chi connectivity index (χ3n) is 4.89. The Kier molecular flexibility index (Phi) is 3.97. The van der Waals surface area contributed by atoms with Crippen molar-refractivity contribution >= 4 is 15.9 Å². The summed E-state index contributed by atoms with van der Waals surface area (Å²) in [6.45, 7) is 4.66. The van der Waals surface area contributed by atoms with Crippen LogP contribution in [0.25, 0.3) is 0 Å². The maximum absolute atomic E-state index is 6.13. The highest BCUT2D eigenvalue weighted by molar-refractivity contribution is 9.10. The second kappa shape index (κ2) is 5.55. The van der Waals surface area contributed by atoms with Gasteiger partial charge in [-0.15, -0.1) is 0 Å². The average molecular weight is 323 g/mol. The quantitative estimate of drug-likeness (QED) is 0.861. The van der Waals surface area contributed by atoms with Gasteiger partial charge in [-0.1, -0.05) is 28.9 Å². The molecule has 1 saturated heterocycles. The molecular weight excluding hydrogens is 300 g/mol. The van der Waals surface area contributed by atoms with Gasteiger partial charge in [0.2, 0.25) is 0 Å². The van der Waals surface area contributed by atoms with Crippen molar-refractivity contribution < 1.29 is 0 Å². The first kappa shape index (κ1) is 13.6. The van der Waals surface area contributed by atoms with Gasteiger partial charge in [-0.25, -0.2) is 0 Å². The highest BCUT2D eigenvalue weighted by Gasteiger charge is 2.30. The van der Waals surface area contributed by atoms with Crippen molar-refractivity contribution in [2.75, 3.05) is 13.1 Å². The van der Waals surface area contributed by atoms with E-state index in [9.17, 15) is 0 Å². The highest BCUT2D eigenvalue weighted by Crippen LogP contribution is 2.29. The van der Waals surface area contributed by atoms with E-state index in [2.05, 4.69) is 46.0 Å². The van der Waals surface area contributed by atoms with Crippen LogP contribution in [0.1, 0.15) is 30.9 Å². The number of aryl methyl sites for hydroxylation is 1. The molecule has 0 saturated carbocycles. The maximum Gasteiger partial charge on any atom is 0.0178 e. The van der Waals surface area contributed by atoms with Gasteiger partial charge in [0.1, 0.15) is 0 Å². The lowest BCUT2D eigenvalue weighted by atomic mass is 9.85. The Morgan fingerprint density at radius 1 is 1.26 bits per heavy atom. The Morgan fingerprint density at radius 2 is 2.11 bits per heavy atom. The first-order valence-electron chi connectivity index (χ1n) is 7.40. The highest BCUT2D eigenvalue weighted by atomic mass is 79.9. The fraction of sp³-hybridized carbons (Fsp3) is 0.625. The lowest BCUT2D eigenvalue weighted by Gasteiger charge is -2.41. The minimum absolute atomic E-state index is 0.406. The molecule has 1 aliphatic carbocycles. The summed E-state index contributed by atoms with van der Waals surface area (Å²) in [7, 11) is 0. The van der Waals surface area contributed by atoms with Gasteiger partial charge in [-0.2, -0.15) is 0 Å². The van der Waals surface area contributed by atoms with E-state index in [1.807, 2.05) is 0 Å². The standard InChI is InChI=1S/C16H23BrN2/c1-11-10-19(7-6-16(11)18)15-5-3-12-8-14(17)4-2-13(12)9-15/h2,4,8,11,15-16H,3,5-7,9-10,18H2,1H3. The first-order chi connectivity index (χ1) is 9.13. The first-order valence-corrected chi connectivity index (χ1v) is 8.19. The molecule has 1 aliphatic heterocycles. The van der Waals surface area contributed by atoms with E-state index in [1.54, 1.807) is 5.56 Å². The molecule has 2 aliphatic rings. The number of fused-ring (bicyclic) bond motifs is 1. The molecule has 104 valence electrons. The molecule has 0 bridgehead atoms. The molecular formula is C16H23BrN2. The van der Waals surface area contributed by atoms with Crippen molar-refractivity contribution in [3.05, 3.63) is 33.8 Å². The van der Waals surface area contributed by atoms with Gasteiger partial charge >= 0.3 is 0 Å². The largest absolute Gasteiger partial charge is 0.327 e. The van der Waals surface area contributed by atoms with Crippen molar-refractivity contribution in [1.82, 2.24) is 4.90 Å². The Balaban J connectivity index is 1.70. The summed E-state index contributed by atoms with van der Waals surface area (Å²) in [4.78, 5) is 2.68. The van der Waals surface area contributed by atoms with Crippen molar-refractivity contribution in [2.24, 2.45) is 11.7 Å². The van der Waals surface area contributed by atoms with Gasteiger partial charge in [-0.3, -0.25) is 4.90 Å². The number of nitrogens with zero attached hydrogens (tertiary/aromatic N) is 1.